The molecule has 2 aromatic carbocycles. The van der Waals surface area contributed by atoms with Gasteiger partial charge in [-0.1, -0.05) is 29.8 Å². The minimum absolute atomic E-state index is 0.219. The van der Waals surface area contributed by atoms with Gasteiger partial charge in [0.25, 0.3) is 5.91 Å². The number of carbonyl (C=O) groups is 1. The normalized spacial score (nSPS) is 11.2. The summed E-state index contributed by atoms with van der Waals surface area (Å²) in [6, 6.07) is 11.7. The third kappa shape index (κ3) is 3.13. The molecule has 1 heterocycles. The van der Waals surface area contributed by atoms with Gasteiger partial charge in [-0.05, 0) is 29.8 Å². The predicted molar refractivity (Wildman–Crippen MR) is 91.7 cm³/mol. The van der Waals surface area contributed by atoms with Gasteiger partial charge in [0, 0.05) is 10.1 Å². The maximum absolute atomic E-state index is 12.2. The smallest absolute Gasteiger partial charge is 0.283 e. The number of hydrogen-bond acceptors (Lipinski definition) is 5. The molecule has 0 saturated heterocycles. The number of benzene rings is 2. The molecular weight excluding hydrogens is 336 g/mol. The van der Waals surface area contributed by atoms with Gasteiger partial charge in [0.15, 0.2) is 11.5 Å². The lowest BCUT2D eigenvalue weighted by Gasteiger charge is -1.99. The first-order valence-electron chi connectivity index (χ1n) is 6.58. The lowest BCUT2D eigenvalue weighted by atomic mass is 10.2. The van der Waals surface area contributed by atoms with Crippen LogP contribution in [0, 0.1) is 0 Å². The Kier molecular flexibility index (Phi) is 4.18. The molecule has 0 aliphatic carbocycles. The quantitative estimate of drug-likeness (QED) is 0.384. The Morgan fingerprint density at radius 3 is 2.70 bits per heavy atom. The van der Waals surface area contributed by atoms with Gasteiger partial charge in [-0.25, -0.2) is 5.43 Å². The van der Waals surface area contributed by atoms with E-state index in [1.807, 2.05) is 24.3 Å². The number of phenolic OH excluding ortho intramolecular Hbond substituents is 2. The number of phenols is 2. The van der Waals surface area contributed by atoms with Crippen LogP contribution in [-0.4, -0.2) is 22.3 Å². The summed E-state index contributed by atoms with van der Waals surface area (Å²) in [5.74, 6) is -0.883. The van der Waals surface area contributed by atoms with Gasteiger partial charge < -0.3 is 10.2 Å². The van der Waals surface area contributed by atoms with Crippen molar-refractivity contribution in [3.63, 3.8) is 0 Å². The van der Waals surface area contributed by atoms with Crippen molar-refractivity contribution in [3.05, 3.63) is 57.9 Å². The summed E-state index contributed by atoms with van der Waals surface area (Å²) < 4.78 is 0.926. The molecule has 3 N–H and O–H groups in total. The van der Waals surface area contributed by atoms with Crippen molar-refractivity contribution >= 4 is 45.1 Å². The van der Waals surface area contributed by atoms with E-state index in [0.717, 1.165) is 10.1 Å². The standard InChI is InChI=1S/C16H11ClN2O3S/c17-14-10-3-1-2-4-13(10)23-15(14)16(22)19-18-8-9-5-6-11(20)12(21)7-9/h1-8,20-21H,(H,19,22). The van der Waals surface area contributed by atoms with Gasteiger partial charge in [-0.15, -0.1) is 11.3 Å². The molecule has 0 fully saturated rings. The summed E-state index contributed by atoms with van der Waals surface area (Å²) in [6.07, 6.45) is 1.36. The number of amides is 1. The minimum atomic E-state index is -0.407. The molecule has 0 atom stereocenters. The molecule has 3 rings (SSSR count). The highest BCUT2D eigenvalue weighted by Crippen LogP contribution is 2.34. The van der Waals surface area contributed by atoms with E-state index in [1.165, 1.54) is 29.7 Å². The lowest BCUT2D eigenvalue weighted by Crippen LogP contribution is -2.16. The van der Waals surface area contributed by atoms with Gasteiger partial charge >= 0.3 is 0 Å². The van der Waals surface area contributed by atoms with E-state index in [2.05, 4.69) is 10.5 Å². The molecule has 1 amide bonds. The molecule has 1 aromatic heterocycles. The van der Waals surface area contributed by atoms with E-state index >= 15 is 0 Å². The van der Waals surface area contributed by atoms with E-state index in [9.17, 15) is 15.0 Å². The van der Waals surface area contributed by atoms with Crippen LogP contribution < -0.4 is 5.43 Å². The molecule has 0 aliphatic heterocycles. The monoisotopic (exact) mass is 346 g/mol. The Bertz CT molecular complexity index is 921. The second kappa shape index (κ2) is 6.28. The van der Waals surface area contributed by atoms with E-state index in [-0.39, 0.29) is 11.5 Å². The Morgan fingerprint density at radius 2 is 1.96 bits per heavy atom. The van der Waals surface area contributed by atoms with Crippen molar-refractivity contribution in [2.24, 2.45) is 5.10 Å². The van der Waals surface area contributed by atoms with Crippen molar-refractivity contribution in [3.8, 4) is 11.5 Å². The Hall–Kier alpha value is -2.57. The Balaban J connectivity index is 1.77. The molecular formula is C16H11ClN2O3S. The first-order valence-corrected chi connectivity index (χ1v) is 7.78. The van der Waals surface area contributed by atoms with Crippen LogP contribution in [0.3, 0.4) is 0 Å². The lowest BCUT2D eigenvalue weighted by molar-refractivity contribution is 0.0959. The molecule has 0 aliphatic rings. The number of nitrogens with one attached hydrogen (secondary N) is 1. The van der Waals surface area contributed by atoms with Crippen LogP contribution in [0.2, 0.25) is 5.02 Å². The van der Waals surface area contributed by atoms with Crippen molar-refractivity contribution in [2.45, 2.75) is 0 Å². The summed E-state index contributed by atoms with van der Waals surface area (Å²) in [5.41, 5.74) is 2.93. The highest BCUT2D eigenvalue weighted by atomic mass is 35.5. The molecule has 7 heteroatoms. The van der Waals surface area contributed by atoms with Crippen molar-refractivity contribution in [1.82, 2.24) is 5.43 Å². The van der Waals surface area contributed by atoms with E-state index in [4.69, 9.17) is 11.6 Å². The number of nitrogens with zero attached hydrogens (tertiary/aromatic N) is 1. The zero-order chi connectivity index (χ0) is 16.4. The van der Waals surface area contributed by atoms with Crippen LogP contribution in [0.1, 0.15) is 15.2 Å². The van der Waals surface area contributed by atoms with Gasteiger partial charge in [0.05, 0.1) is 11.2 Å². The molecule has 5 nitrogen and oxygen atoms in total. The molecule has 0 saturated carbocycles. The third-order valence-corrected chi connectivity index (χ3v) is 4.79. The summed E-state index contributed by atoms with van der Waals surface area (Å²) in [6.45, 7) is 0. The molecule has 23 heavy (non-hydrogen) atoms. The molecule has 3 aromatic rings. The third-order valence-electron chi connectivity index (χ3n) is 3.12. The number of carbonyl (C=O) groups excluding carboxylic acids is 1. The highest BCUT2D eigenvalue weighted by Gasteiger charge is 2.16. The largest absolute Gasteiger partial charge is 0.504 e. The zero-order valence-electron chi connectivity index (χ0n) is 11.7. The van der Waals surface area contributed by atoms with Gasteiger partial charge in [0.1, 0.15) is 4.88 Å². The zero-order valence-corrected chi connectivity index (χ0v) is 13.2. The van der Waals surface area contributed by atoms with Crippen molar-refractivity contribution in [1.29, 1.82) is 0 Å². The average Bonchev–Trinajstić information content (AvgIpc) is 2.88. The first-order chi connectivity index (χ1) is 11.1. The minimum Gasteiger partial charge on any atom is -0.504 e. The number of rotatable bonds is 3. The fourth-order valence-electron chi connectivity index (χ4n) is 2.00. The van der Waals surface area contributed by atoms with Crippen LogP contribution in [0.15, 0.2) is 47.6 Å². The number of hydrazone groups is 1. The van der Waals surface area contributed by atoms with Gasteiger partial charge in [-0.2, -0.15) is 5.10 Å². The molecule has 116 valence electrons. The molecule has 0 spiro atoms. The number of halogens is 1. The second-order valence-electron chi connectivity index (χ2n) is 4.69. The van der Waals surface area contributed by atoms with Crippen LogP contribution in [0.5, 0.6) is 11.5 Å². The van der Waals surface area contributed by atoms with Crippen LogP contribution >= 0.6 is 22.9 Å². The van der Waals surface area contributed by atoms with E-state index in [1.54, 1.807) is 6.07 Å². The highest BCUT2D eigenvalue weighted by molar-refractivity contribution is 7.21. The summed E-state index contributed by atoms with van der Waals surface area (Å²) >= 11 is 7.51. The second-order valence-corrected chi connectivity index (χ2v) is 6.12. The van der Waals surface area contributed by atoms with Crippen molar-refractivity contribution < 1.29 is 15.0 Å². The predicted octanol–water partition coefficient (Wildman–Crippen LogP) is 3.73. The van der Waals surface area contributed by atoms with E-state index in [0.29, 0.717) is 15.5 Å². The Morgan fingerprint density at radius 1 is 1.17 bits per heavy atom. The van der Waals surface area contributed by atoms with Crippen molar-refractivity contribution in [2.75, 3.05) is 0 Å². The maximum atomic E-state index is 12.2. The molecule has 0 bridgehead atoms. The van der Waals surface area contributed by atoms with Crippen LogP contribution in [-0.2, 0) is 0 Å². The molecule has 0 unspecified atom stereocenters. The number of aromatic hydroxyl groups is 2. The molecule has 0 radical (unpaired) electrons. The fraction of sp³-hybridized carbons (Fsp3) is 0. The van der Waals surface area contributed by atoms with E-state index < -0.39 is 5.91 Å². The number of fused-ring (bicyclic) bond motifs is 1. The number of thiophene rings is 1. The Labute approximate surface area is 140 Å². The topological polar surface area (TPSA) is 81.9 Å². The fourth-order valence-corrected chi connectivity index (χ4v) is 3.40. The summed E-state index contributed by atoms with van der Waals surface area (Å²) in [5, 5.41) is 23.7. The van der Waals surface area contributed by atoms with Gasteiger partial charge in [-0.3, -0.25) is 4.79 Å². The SMILES string of the molecule is O=C(NN=Cc1ccc(O)c(O)c1)c1sc2ccccc2c1Cl. The average molecular weight is 347 g/mol. The summed E-state index contributed by atoms with van der Waals surface area (Å²) in [4.78, 5) is 12.5. The van der Waals surface area contributed by atoms with Crippen LogP contribution in [0.4, 0.5) is 0 Å². The van der Waals surface area contributed by atoms with Gasteiger partial charge in [0.2, 0.25) is 0 Å². The number of hydrogen-bond donors (Lipinski definition) is 3. The first kappa shape index (κ1) is 15.3. The van der Waals surface area contributed by atoms with Crippen LogP contribution in [0.25, 0.3) is 10.1 Å². The maximum Gasteiger partial charge on any atom is 0.283 e. The summed E-state index contributed by atoms with van der Waals surface area (Å²) in [7, 11) is 0.